The summed E-state index contributed by atoms with van der Waals surface area (Å²) in [5, 5.41) is 22.3. The average Bonchev–Trinajstić information content (AvgIpc) is 3.35. The SMILES string of the molecule is O=C(c1cc2cc([N+](=O)[O-])ccc2o1)c1[nH]c2ccc(O)cc2c1CN1CCOCC1. The smallest absolute Gasteiger partial charge is 0.270 e. The highest BCUT2D eigenvalue weighted by Gasteiger charge is 2.25. The number of phenolic OH excluding ortho intramolecular Hbond substituents is 1. The molecule has 0 atom stereocenters. The predicted octanol–water partition coefficient (Wildman–Crippen LogP) is 3.59. The average molecular weight is 421 g/mol. The lowest BCUT2D eigenvalue weighted by molar-refractivity contribution is -0.384. The van der Waals surface area contributed by atoms with Crippen LogP contribution in [0.1, 0.15) is 21.8 Å². The van der Waals surface area contributed by atoms with E-state index in [-0.39, 0.29) is 23.0 Å². The lowest BCUT2D eigenvalue weighted by Crippen LogP contribution is -2.36. The number of nitro benzene ring substituents is 1. The van der Waals surface area contributed by atoms with Crippen LogP contribution in [0.5, 0.6) is 5.75 Å². The van der Waals surface area contributed by atoms with Crippen LogP contribution in [-0.4, -0.2) is 52.0 Å². The van der Waals surface area contributed by atoms with E-state index in [1.54, 1.807) is 18.2 Å². The molecule has 9 heteroatoms. The van der Waals surface area contributed by atoms with Gasteiger partial charge >= 0.3 is 0 Å². The Hall–Kier alpha value is -3.69. The van der Waals surface area contributed by atoms with Gasteiger partial charge in [0, 0.05) is 53.6 Å². The zero-order chi connectivity index (χ0) is 21.5. The van der Waals surface area contributed by atoms with Crippen molar-refractivity contribution in [3.63, 3.8) is 0 Å². The first kappa shape index (κ1) is 19.3. The van der Waals surface area contributed by atoms with Crippen LogP contribution in [-0.2, 0) is 11.3 Å². The molecule has 0 amide bonds. The van der Waals surface area contributed by atoms with Gasteiger partial charge in [0.15, 0.2) is 5.76 Å². The third-order valence-corrected chi connectivity index (χ3v) is 5.54. The zero-order valence-electron chi connectivity index (χ0n) is 16.5. The van der Waals surface area contributed by atoms with E-state index in [9.17, 15) is 20.0 Å². The van der Waals surface area contributed by atoms with Gasteiger partial charge < -0.3 is 19.2 Å². The van der Waals surface area contributed by atoms with Crippen molar-refractivity contribution in [3.05, 3.63) is 69.6 Å². The summed E-state index contributed by atoms with van der Waals surface area (Å²) in [6.07, 6.45) is 0. The number of nitro groups is 1. The minimum atomic E-state index is -0.488. The van der Waals surface area contributed by atoms with E-state index in [1.165, 1.54) is 24.3 Å². The highest BCUT2D eigenvalue weighted by Crippen LogP contribution is 2.31. The second-order valence-corrected chi connectivity index (χ2v) is 7.52. The third-order valence-electron chi connectivity index (χ3n) is 5.54. The number of hydrogen-bond donors (Lipinski definition) is 2. The molecule has 0 aliphatic carbocycles. The number of rotatable bonds is 5. The molecular formula is C22H19N3O6. The Morgan fingerprint density at radius 2 is 1.97 bits per heavy atom. The Labute approximate surface area is 176 Å². The van der Waals surface area contributed by atoms with Gasteiger partial charge in [-0.25, -0.2) is 0 Å². The maximum atomic E-state index is 13.4. The number of carbonyl (C=O) groups is 1. The number of hydrogen-bond acceptors (Lipinski definition) is 7. The molecule has 0 spiro atoms. The van der Waals surface area contributed by atoms with Gasteiger partial charge in [0.05, 0.1) is 23.8 Å². The number of aromatic hydroxyl groups is 1. The lowest BCUT2D eigenvalue weighted by atomic mass is 10.1. The molecule has 31 heavy (non-hydrogen) atoms. The van der Waals surface area contributed by atoms with Gasteiger partial charge in [0.25, 0.3) is 5.69 Å². The van der Waals surface area contributed by atoms with Crippen LogP contribution < -0.4 is 0 Å². The number of nitrogens with one attached hydrogen (secondary N) is 1. The monoisotopic (exact) mass is 421 g/mol. The second kappa shape index (κ2) is 7.53. The van der Waals surface area contributed by atoms with E-state index in [2.05, 4.69) is 9.88 Å². The summed E-state index contributed by atoms with van der Waals surface area (Å²) in [5.74, 6) is -0.142. The van der Waals surface area contributed by atoms with E-state index in [0.717, 1.165) is 29.6 Å². The molecule has 0 saturated carbocycles. The summed E-state index contributed by atoms with van der Waals surface area (Å²) in [4.78, 5) is 29.3. The molecular weight excluding hydrogens is 402 g/mol. The van der Waals surface area contributed by atoms with Gasteiger partial charge in [-0.1, -0.05) is 0 Å². The number of morpholine rings is 1. The topological polar surface area (TPSA) is 122 Å². The zero-order valence-corrected chi connectivity index (χ0v) is 16.5. The number of fused-ring (bicyclic) bond motifs is 2. The first-order chi connectivity index (χ1) is 15.0. The van der Waals surface area contributed by atoms with Crippen LogP contribution in [0.2, 0.25) is 0 Å². The van der Waals surface area contributed by atoms with Gasteiger partial charge in [-0.05, 0) is 30.3 Å². The Morgan fingerprint density at radius 3 is 2.74 bits per heavy atom. The molecule has 2 aromatic carbocycles. The number of H-pyrrole nitrogens is 1. The molecule has 1 aliphatic heterocycles. The fourth-order valence-corrected chi connectivity index (χ4v) is 3.96. The Balaban J connectivity index is 1.58. The van der Waals surface area contributed by atoms with Crippen LogP contribution in [0.25, 0.3) is 21.9 Å². The number of non-ortho nitro benzene ring substituents is 1. The number of aromatic nitrogens is 1. The summed E-state index contributed by atoms with van der Waals surface area (Å²) in [5.41, 5.74) is 2.21. The molecule has 4 aromatic rings. The van der Waals surface area contributed by atoms with E-state index >= 15 is 0 Å². The number of carbonyl (C=O) groups excluding carboxylic acids is 1. The number of phenols is 1. The van der Waals surface area contributed by atoms with Crippen molar-refractivity contribution >= 4 is 33.3 Å². The molecule has 2 aromatic heterocycles. The van der Waals surface area contributed by atoms with Gasteiger partial charge in [-0.15, -0.1) is 0 Å². The molecule has 9 nitrogen and oxygen atoms in total. The van der Waals surface area contributed by atoms with E-state index in [0.29, 0.717) is 36.4 Å². The molecule has 0 unspecified atom stereocenters. The number of aromatic amines is 1. The Morgan fingerprint density at radius 1 is 1.16 bits per heavy atom. The lowest BCUT2D eigenvalue weighted by Gasteiger charge is -2.26. The highest BCUT2D eigenvalue weighted by molar-refractivity contribution is 6.12. The normalized spacial score (nSPS) is 15.0. The molecule has 2 N–H and O–H groups in total. The molecule has 1 fully saturated rings. The van der Waals surface area contributed by atoms with Crippen LogP contribution >= 0.6 is 0 Å². The summed E-state index contributed by atoms with van der Waals surface area (Å²) < 4.78 is 11.1. The quantitative estimate of drug-likeness (QED) is 0.287. The number of nitrogens with zero attached hydrogens (tertiary/aromatic N) is 2. The van der Waals surface area contributed by atoms with Crippen LogP contribution in [0.4, 0.5) is 5.69 Å². The van der Waals surface area contributed by atoms with Crippen LogP contribution in [0.15, 0.2) is 46.9 Å². The number of benzene rings is 2. The standard InChI is InChI=1S/C22H19N3O6/c26-15-2-3-18-16(11-15)17(12-24-5-7-30-8-6-24)21(23-18)22(27)20-10-13-9-14(25(28)29)1-4-19(13)31-20/h1-4,9-11,23,26H,5-8,12H2. The molecule has 0 bridgehead atoms. The highest BCUT2D eigenvalue weighted by atomic mass is 16.6. The van der Waals surface area contributed by atoms with E-state index < -0.39 is 4.92 Å². The van der Waals surface area contributed by atoms with Gasteiger partial charge in [0.1, 0.15) is 11.3 Å². The molecule has 1 saturated heterocycles. The Kier molecular flexibility index (Phi) is 4.68. The van der Waals surface area contributed by atoms with Crippen molar-refractivity contribution in [2.45, 2.75) is 6.54 Å². The van der Waals surface area contributed by atoms with Crippen LogP contribution in [0, 0.1) is 10.1 Å². The van der Waals surface area contributed by atoms with Crippen LogP contribution in [0.3, 0.4) is 0 Å². The van der Waals surface area contributed by atoms with Crippen molar-refractivity contribution in [1.82, 2.24) is 9.88 Å². The molecule has 5 rings (SSSR count). The number of ketones is 1. The van der Waals surface area contributed by atoms with Crippen molar-refractivity contribution in [1.29, 1.82) is 0 Å². The van der Waals surface area contributed by atoms with Crippen molar-refractivity contribution in [3.8, 4) is 5.75 Å². The summed E-state index contributed by atoms with van der Waals surface area (Å²) in [6, 6.07) is 10.7. The number of ether oxygens (including phenoxy) is 1. The third kappa shape index (κ3) is 3.54. The molecule has 158 valence electrons. The van der Waals surface area contributed by atoms with E-state index in [1.807, 2.05) is 0 Å². The predicted molar refractivity (Wildman–Crippen MR) is 112 cm³/mol. The summed E-state index contributed by atoms with van der Waals surface area (Å²) in [6.45, 7) is 3.25. The van der Waals surface area contributed by atoms with Gasteiger partial charge in [0.2, 0.25) is 5.78 Å². The minimum absolute atomic E-state index is 0.0682. The van der Waals surface area contributed by atoms with Crippen molar-refractivity contribution in [2.75, 3.05) is 26.3 Å². The van der Waals surface area contributed by atoms with E-state index in [4.69, 9.17) is 9.15 Å². The van der Waals surface area contributed by atoms with Crippen molar-refractivity contribution in [2.24, 2.45) is 0 Å². The second-order valence-electron chi connectivity index (χ2n) is 7.52. The molecule has 0 radical (unpaired) electrons. The maximum Gasteiger partial charge on any atom is 0.270 e. The fourth-order valence-electron chi connectivity index (χ4n) is 3.96. The number of furan rings is 1. The van der Waals surface area contributed by atoms with Gasteiger partial charge in [-0.3, -0.25) is 19.8 Å². The maximum absolute atomic E-state index is 13.4. The molecule has 3 heterocycles. The van der Waals surface area contributed by atoms with Crippen molar-refractivity contribution < 1.29 is 24.0 Å². The first-order valence-electron chi connectivity index (χ1n) is 9.86. The fraction of sp³-hybridized carbons (Fsp3) is 0.227. The first-order valence-corrected chi connectivity index (χ1v) is 9.86. The Bertz CT molecular complexity index is 1320. The largest absolute Gasteiger partial charge is 0.508 e. The summed E-state index contributed by atoms with van der Waals surface area (Å²) in [7, 11) is 0. The minimum Gasteiger partial charge on any atom is -0.508 e. The molecule has 1 aliphatic rings. The summed E-state index contributed by atoms with van der Waals surface area (Å²) >= 11 is 0. The van der Waals surface area contributed by atoms with Gasteiger partial charge in [-0.2, -0.15) is 0 Å².